The van der Waals surface area contributed by atoms with Crippen LogP contribution in [0.5, 0.6) is 0 Å². The molecule has 2 heterocycles. The molecule has 0 atom stereocenters. The molecular weight excluding hydrogens is 285 g/mol. The summed E-state index contributed by atoms with van der Waals surface area (Å²) < 4.78 is 37.9. The van der Waals surface area contributed by atoms with E-state index in [1.807, 2.05) is 12.1 Å². The van der Waals surface area contributed by atoms with Gasteiger partial charge in [-0.15, -0.1) is 0 Å². The minimum Gasteiger partial charge on any atom is -0.345 e. The molecule has 2 aromatic heterocycles. The number of likely N-dealkylation sites (N-methyl/N-ethyl adjacent to an activating group) is 1. The Balaban J connectivity index is 2.14. The zero-order valence-electron chi connectivity index (χ0n) is 11.2. The van der Waals surface area contributed by atoms with Crippen LogP contribution in [-0.2, 0) is 12.6 Å². The molecule has 21 heavy (non-hydrogen) atoms. The molecule has 0 spiro atoms. The Labute approximate surface area is 118 Å². The van der Waals surface area contributed by atoms with Gasteiger partial charge in [-0.25, -0.2) is 4.98 Å². The van der Waals surface area contributed by atoms with Crippen LogP contribution in [0.4, 0.5) is 19.1 Å². The number of nitrogens with one attached hydrogen (secondary N) is 1. The van der Waals surface area contributed by atoms with Gasteiger partial charge >= 0.3 is 6.18 Å². The van der Waals surface area contributed by atoms with Crippen LogP contribution in [0.25, 0.3) is 0 Å². The number of hydrogen-bond donors (Lipinski definition) is 1. The number of aromatic nitrogens is 3. The highest BCUT2D eigenvalue weighted by Crippen LogP contribution is 2.27. The van der Waals surface area contributed by atoms with Crippen molar-refractivity contribution in [1.82, 2.24) is 15.0 Å². The third-order valence-corrected chi connectivity index (χ3v) is 2.87. The number of alkyl halides is 3. The summed E-state index contributed by atoms with van der Waals surface area (Å²) >= 11 is 0. The van der Waals surface area contributed by atoms with Gasteiger partial charge in [0.05, 0.1) is 0 Å². The molecule has 0 saturated carbocycles. The summed E-state index contributed by atoms with van der Waals surface area (Å²) in [6, 6.07) is 4.08. The first-order valence-corrected chi connectivity index (χ1v) is 6.15. The van der Waals surface area contributed by atoms with E-state index in [1.165, 1.54) is 4.90 Å². The molecule has 0 aliphatic rings. The van der Waals surface area contributed by atoms with E-state index in [2.05, 4.69) is 15.0 Å². The fraction of sp³-hybridized carbons (Fsp3) is 0.308. The second-order valence-electron chi connectivity index (χ2n) is 4.48. The van der Waals surface area contributed by atoms with Crippen LogP contribution in [-0.4, -0.2) is 28.5 Å². The Kier molecular flexibility index (Phi) is 4.25. The molecule has 0 radical (unpaired) electrons. The first-order chi connectivity index (χ1) is 9.86. The maximum absolute atomic E-state index is 12.6. The molecule has 2 rings (SSSR count). The maximum Gasteiger partial charge on any atom is 0.433 e. The highest BCUT2D eigenvalue weighted by molar-refractivity contribution is 5.30. The molecule has 2 aromatic rings. The molecule has 0 aliphatic carbocycles. The number of nitrogens with zero attached hydrogens (tertiary/aromatic N) is 3. The molecule has 0 unspecified atom stereocenters. The summed E-state index contributed by atoms with van der Waals surface area (Å²) in [7, 11) is 1.57. The van der Waals surface area contributed by atoms with E-state index in [0.29, 0.717) is 19.0 Å². The molecule has 8 heteroatoms. The van der Waals surface area contributed by atoms with Gasteiger partial charge in [-0.1, -0.05) is 0 Å². The topological polar surface area (TPSA) is 61.9 Å². The summed E-state index contributed by atoms with van der Waals surface area (Å²) in [4.78, 5) is 22.4. The Hall–Kier alpha value is -2.38. The van der Waals surface area contributed by atoms with Crippen molar-refractivity contribution < 1.29 is 13.2 Å². The Morgan fingerprint density at radius 2 is 1.95 bits per heavy atom. The second-order valence-corrected chi connectivity index (χ2v) is 4.48. The summed E-state index contributed by atoms with van der Waals surface area (Å²) in [5, 5.41) is 0. The predicted molar refractivity (Wildman–Crippen MR) is 71.1 cm³/mol. The monoisotopic (exact) mass is 298 g/mol. The molecule has 112 valence electrons. The van der Waals surface area contributed by atoms with Crippen LogP contribution in [0, 0.1) is 0 Å². The molecule has 0 fully saturated rings. The fourth-order valence-electron chi connectivity index (χ4n) is 1.72. The Bertz CT molecular complexity index is 654. The lowest BCUT2D eigenvalue weighted by Crippen LogP contribution is -2.27. The van der Waals surface area contributed by atoms with Crippen molar-refractivity contribution in [1.29, 1.82) is 0 Å². The normalized spacial score (nSPS) is 11.4. The standard InChI is InChI=1S/C13H13F3N4O/c1-20(7-4-9-2-5-17-6-3-9)12-18-10(13(14,15)16)8-11(21)19-12/h2-3,5-6,8H,4,7H2,1H3,(H,18,19,21). The number of aromatic amines is 1. The maximum atomic E-state index is 12.6. The third-order valence-electron chi connectivity index (χ3n) is 2.87. The summed E-state index contributed by atoms with van der Waals surface area (Å²) in [5.41, 5.74) is -1.04. The Morgan fingerprint density at radius 3 is 2.57 bits per heavy atom. The number of pyridine rings is 1. The number of H-pyrrole nitrogens is 1. The number of hydrogen-bond acceptors (Lipinski definition) is 4. The fourth-order valence-corrected chi connectivity index (χ4v) is 1.72. The van der Waals surface area contributed by atoms with Gasteiger partial charge in [-0.2, -0.15) is 13.2 Å². The quantitative estimate of drug-likeness (QED) is 0.936. The molecule has 0 saturated heterocycles. The van der Waals surface area contributed by atoms with E-state index < -0.39 is 17.4 Å². The van der Waals surface area contributed by atoms with Crippen LogP contribution in [0.3, 0.4) is 0 Å². The van der Waals surface area contributed by atoms with Gasteiger partial charge in [-0.05, 0) is 24.1 Å². The lowest BCUT2D eigenvalue weighted by atomic mass is 10.2. The van der Waals surface area contributed by atoms with Gasteiger partial charge < -0.3 is 4.90 Å². The number of rotatable bonds is 4. The molecule has 5 nitrogen and oxygen atoms in total. The third kappa shape index (κ3) is 4.04. The van der Waals surface area contributed by atoms with E-state index in [4.69, 9.17) is 0 Å². The van der Waals surface area contributed by atoms with Crippen molar-refractivity contribution in [3.05, 3.63) is 52.2 Å². The predicted octanol–water partition coefficient (Wildman–Crippen LogP) is 1.86. The molecular formula is C13H13F3N4O. The SMILES string of the molecule is CN(CCc1ccncc1)c1nc(C(F)(F)F)cc(=O)[nH]1. The molecule has 0 aromatic carbocycles. The number of anilines is 1. The van der Waals surface area contributed by atoms with Crippen molar-refractivity contribution >= 4 is 5.95 Å². The zero-order valence-corrected chi connectivity index (χ0v) is 11.2. The lowest BCUT2D eigenvalue weighted by Gasteiger charge is -2.18. The highest BCUT2D eigenvalue weighted by Gasteiger charge is 2.33. The van der Waals surface area contributed by atoms with Crippen molar-refractivity contribution in [3.8, 4) is 0 Å². The average Bonchev–Trinajstić information content (AvgIpc) is 2.44. The van der Waals surface area contributed by atoms with Crippen LogP contribution in [0.2, 0.25) is 0 Å². The largest absolute Gasteiger partial charge is 0.433 e. The van der Waals surface area contributed by atoms with Gasteiger partial charge in [-0.3, -0.25) is 14.8 Å². The van der Waals surface area contributed by atoms with E-state index in [1.54, 1.807) is 19.4 Å². The van der Waals surface area contributed by atoms with Crippen LogP contribution >= 0.6 is 0 Å². The van der Waals surface area contributed by atoms with E-state index in [0.717, 1.165) is 5.56 Å². The minimum absolute atomic E-state index is 0.108. The molecule has 0 amide bonds. The lowest BCUT2D eigenvalue weighted by molar-refractivity contribution is -0.141. The molecule has 0 bridgehead atoms. The van der Waals surface area contributed by atoms with E-state index in [-0.39, 0.29) is 5.95 Å². The number of halogens is 3. The average molecular weight is 298 g/mol. The summed E-state index contributed by atoms with van der Waals surface area (Å²) in [6.45, 7) is 0.411. The first-order valence-electron chi connectivity index (χ1n) is 6.15. The second kappa shape index (κ2) is 5.94. The zero-order chi connectivity index (χ0) is 15.5. The highest BCUT2D eigenvalue weighted by atomic mass is 19.4. The van der Waals surface area contributed by atoms with Crippen molar-refractivity contribution in [2.45, 2.75) is 12.6 Å². The van der Waals surface area contributed by atoms with Crippen molar-refractivity contribution in [3.63, 3.8) is 0 Å². The van der Waals surface area contributed by atoms with E-state index in [9.17, 15) is 18.0 Å². The van der Waals surface area contributed by atoms with Crippen molar-refractivity contribution in [2.75, 3.05) is 18.5 Å². The van der Waals surface area contributed by atoms with Crippen LogP contribution < -0.4 is 10.5 Å². The van der Waals surface area contributed by atoms with Gasteiger partial charge in [0, 0.05) is 32.1 Å². The van der Waals surface area contributed by atoms with E-state index >= 15 is 0 Å². The van der Waals surface area contributed by atoms with Gasteiger partial charge in [0.25, 0.3) is 5.56 Å². The minimum atomic E-state index is -4.64. The van der Waals surface area contributed by atoms with Crippen LogP contribution in [0.15, 0.2) is 35.4 Å². The summed E-state index contributed by atoms with van der Waals surface area (Å²) in [6.07, 6.45) is -0.770. The van der Waals surface area contributed by atoms with Gasteiger partial charge in [0.2, 0.25) is 5.95 Å². The first kappa shape index (κ1) is 15.0. The molecule has 0 aliphatic heterocycles. The van der Waals surface area contributed by atoms with Gasteiger partial charge in [0.15, 0.2) is 5.69 Å². The van der Waals surface area contributed by atoms with Crippen molar-refractivity contribution in [2.24, 2.45) is 0 Å². The summed E-state index contributed by atoms with van der Waals surface area (Å²) in [5.74, 6) is -0.108. The van der Waals surface area contributed by atoms with Gasteiger partial charge in [0.1, 0.15) is 0 Å². The smallest absolute Gasteiger partial charge is 0.345 e. The van der Waals surface area contributed by atoms with Crippen LogP contribution in [0.1, 0.15) is 11.3 Å². The Morgan fingerprint density at radius 1 is 1.29 bits per heavy atom. The molecule has 1 N–H and O–H groups in total.